The molecule has 3 aromatic rings. The molecular weight excluding hydrogens is 376 g/mol. The van der Waals surface area contributed by atoms with Gasteiger partial charge in [0.1, 0.15) is 10.6 Å². The van der Waals surface area contributed by atoms with Gasteiger partial charge in [-0.25, -0.2) is 4.98 Å². The van der Waals surface area contributed by atoms with Gasteiger partial charge in [0.15, 0.2) is 5.16 Å². The van der Waals surface area contributed by atoms with Gasteiger partial charge in [0.05, 0.1) is 18.2 Å². The average Bonchev–Trinajstić information content (AvgIpc) is 3.04. The molecule has 6 heteroatoms. The number of benzene rings is 1. The first-order valence-electron chi connectivity index (χ1n) is 9.07. The zero-order chi connectivity index (χ0) is 19.0. The Balaban J connectivity index is 1.95. The van der Waals surface area contributed by atoms with E-state index in [1.165, 1.54) is 22.2 Å². The summed E-state index contributed by atoms with van der Waals surface area (Å²) in [6.07, 6.45) is 4.98. The minimum absolute atomic E-state index is 0.0313. The lowest BCUT2D eigenvalue weighted by atomic mass is 9.89. The third-order valence-corrected chi connectivity index (χ3v) is 7.04. The van der Waals surface area contributed by atoms with Crippen molar-refractivity contribution in [3.05, 3.63) is 57.7 Å². The van der Waals surface area contributed by atoms with Crippen LogP contribution in [0.1, 0.15) is 23.8 Å². The van der Waals surface area contributed by atoms with Crippen molar-refractivity contribution in [1.29, 1.82) is 0 Å². The fraction of sp³-hybridized carbons (Fsp3) is 0.333. The van der Waals surface area contributed by atoms with E-state index < -0.39 is 0 Å². The summed E-state index contributed by atoms with van der Waals surface area (Å²) in [6, 6.07) is 7.57. The Morgan fingerprint density at radius 3 is 2.89 bits per heavy atom. The van der Waals surface area contributed by atoms with Crippen LogP contribution in [0.5, 0.6) is 5.75 Å². The zero-order valence-electron chi connectivity index (χ0n) is 15.5. The van der Waals surface area contributed by atoms with Gasteiger partial charge in [-0.3, -0.25) is 9.36 Å². The molecule has 0 fully saturated rings. The molecule has 2 aromatic heterocycles. The predicted octanol–water partition coefficient (Wildman–Crippen LogP) is 4.86. The van der Waals surface area contributed by atoms with Crippen LogP contribution in [0, 0.1) is 5.92 Å². The van der Waals surface area contributed by atoms with Crippen LogP contribution < -0.4 is 10.3 Å². The van der Waals surface area contributed by atoms with Crippen LogP contribution in [0.4, 0.5) is 0 Å². The summed E-state index contributed by atoms with van der Waals surface area (Å²) < 4.78 is 6.99. The van der Waals surface area contributed by atoms with Crippen molar-refractivity contribution in [1.82, 2.24) is 9.55 Å². The highest BCUT2D eigenvalue weighted by Crippen LogP contribution is 2.37. The molecule has 0 bridgehead atoms. The lowest BCUT2D eigenvalue weighted by molar-refractivity contribution is 0.414. The van der Waals surface area contributed by atoms with E-state index in [2.05, 4.69) is 13.5 Å². The molecule has 1 atom stereocenters. The minimum Gasteiger partial charge on any atom is -0.497 e. The second-order valence-electron chi connectivity index (χ2n) is 6.86. The molecule has 0 unspecified atom stereocenters. The van der Waals surface area contributed by atoms with Crippen molar-refractivity contribution in [2.24, 2.45) is 5.92 Å². The third kappa shape index (κ3) is 3.32. The third-order valence-electron chi connectivity index (χ3n) is 4.96. The van der Waals surface area contributed by atoms with Crippen LogP contribution in [0.25, 0.3) is 15.9 Å². The van der Waals surface area contributed by atoms with Gasteiger partial charge < -0.3 is 4.74 Å². The number of thioether (sulfide) groups is 1. The number of hydrogen-bond acceptors (Lipinski definition) is 5. The largest absolute Gasteiger partial charge is 0.497 e. The Labute approximate surface area is 166 Å². The van der Waals surface area contributed by atoms with Gasteiger partial charge >= 0.3 is 0 Å². The van der Waals surface area contributed by atoms with Gasteiger partial charge in [-0.15, -0.1) is 17.9 Å². The smallest absolute Gasteiger partial charge is 0.267 e. The summed E-state index contributed by atoms with van der Waals surface area (Å²) in [7, 11) is 1.64. The molecule has 0 radical (unpaired) electrons. The van der Waals surface area contributed by atoms with Crippen LogP contribution in [0.2, 0.25) is 0 Å². The molecule has 0 saturated heterocycles. The number of thiophene rings is 1. The number of aryl methyl sites for hydroxylation is 1. The van der Waals surface area contributed by atoms with Crippen molar-refractivity contribution in [2.75, 3.05) is 12.9 Å². The van der Waals surface area contributed by atoms with E-state index in [4.69, 9.17) is 9.72 Å². The Hall–Kier alpha value is -2.05. The maximum Gasteiger partial charge on any atom is 0.267 e. The van der Waals surface area contributed by atoms with Crippen molar-refractivity contribution < 1.29 is 4.74 Å². The number of fused-ring (bicyclic) bond motifs is 3. The number of ether oxygens (including phenoxy) is 1. The Morgan fingerprint density at radius 1 is 1.41 bits per heavy atom. The summed E-state index contributed by atoms with van der Waals surface area (Å²) in [5.74, 6) is 2.14. The van der Waals surface area contributed by atoms with Crippen molar-refractivity contribution in [3.63, 3.8) is 0 Å². The van der Waals surface area contributed by atoms with Crippen LogP contribution in [-0.4, -0.2) is 22.4 Å². The molecule has 0 saturated carbocycles. The molecule has 2 heterocycles. The number of nitrogens with zero attached hydrogens (tertiary/aromatic N) is 2. The fourth-order valence-electron chi connectivity index (χ4n) is 3.56. The predicted molar refractivity (Wildman–Crippen MR) is 114 cm³/mol. The van der Waals surface area contributed by atoms with Gasteiger partial charge in [-0.2, -0.15) is 0 Å². The molecule has 140 valence electrons. The number of methoxy groups -OCH3 is 1. The van der Waals surface area contributed by atoms with E-state index in [9.17, 15) is 4.79 Å². The van der Waals surface area contributed by atoms with Crippen LogP contribution in [0.3, 0.4) is 0 Å². The van der Waals surface area contributed by atoms with E-state index in [0.29, 0.717) is 16.8 Å². The lowest BCUT2D eigenvalue weighted by Crippen LogP contribution is -2.22. The first-order chi connectivity index (χ1) is 13.1. The molecule has 4 rings (SSSR count). The maximum absolute atomic E-state index is 13.5. The summed E-state index contributed by atoms with van der Waals surface area (Å²) in [4.78, 5) is 20.6. The summed E-state index contributed by atoms with van der Waals surface area (Å²) in [6.45, 7) is 6.08. The SMILES string of the molecule is C=CCSc1nc2sc3c(c2c(=O)n1-c1ccc(OC)cc1)CC[C@@H](C)C3. The normalized spacial score (nSPS) is 16.3. The molecule has 0 aliphatic heterocycles. The lowest BCUT2D eigenvalue weighted by Gasteiger charge is -2.17. The summed E-state index contributed by atoms with van der Waals surface area (Å²) in [5.41, 5.74) is 2.06. The van der Waals surface area contributed by atoms with Crippen molar-refractivity contribution >= 4 is 33.3 Å². The molecule has 1 aliphatic carbocycles. The van der Waals surface area contributed by atoms with Crippen molar-refractivity contribution in [2.45, 2.75) is 31.3 Å². The molecule has 1 aliphatic rings. The van der Waals surface area contributed by atoms with E-state index in [1.807, 2.05) is 30.3 Å². The standard InChI is InChI=1S/C21H22N2O2S2/c1-4-11-26-21-22-19-18(16-10-5-13(2)12-17(16)27-19)20(24)23(21)14-6-8-15(25-3)9-7-14/h4,6-9,13H,1,5,10-12H2,2-3H3/t13-/m1/s1. The quantitative estimate of drug-likeness (QED) is 0.350. The van der Waals surface area contributed by atoms with E-state index in [1.54, 1.807) is 23.0 Å². The minimum atomic E-state index is 0.0313. The number of aromatic nitrogens is 2. The monoisotopic (exact) mass is 398 g/mol. The molecule has 0 spiro atoms. The molecule has 0 N–H and O–H groups in total. The van der Waals surface area contributed by atoms with Gasteiger partial charge in [-0.05, 0) is 55.0 Å². The first kappa shape index (κ1) is 18.3. The van der Waals surface area contributed by atoms with Crippen molar-refractivity contribution in [3.8, 4) is 11.4 Å². The van der Waals surface area contributed by atoms with Gasteiger partial charge in [-0.1, -0.05) is 24.8 Å². The zero-order valence-corrected chi connectivity index (χ0v) is 17.2. The van der Waals surface area contributed by atoms with Crippen LogP contribution >= 0.6 is 23.1 Å². The molecule has 4 nitrogen and oxygen atoms in total. The summed E-state index contributed by atoms with van der Waals surface area (Å²) in [5, 5.41) is 1.52. The fourth-order valence-corrected chi connectivity index (χ4v) is 5.73. The van der Waals surface area contributed by atoms with Crippen LogP contribution in [-0.2, 0) is 12.8 Å². The highest BCUT2D eigenvalue weighted by Gasteiger charge is 2.25. The summed E-state index contributed by atoms with van der Waals surface area (Å²) >= 11 is 3.23. The van der Waals surface area contributed by atoms with E-state index >= 15 is 0 Å². The highest BCUT2D eigenvalue weighted by atomic mass is 32.2. The number of rotatable bonds is 5. The number of hydrogen-bond donors (Lipinski definition) is 0. The topological polar surface area (TPSA) is 44.1 Å². The van der Waals surface area contributed by atoms with Gasteiger partial charge in [0.25, 0.3) is 5.56 Å². The highest BCUT2D eigenvalue weighted by molar-refractivity contribution is 7.99. The van der Waals surface area contributed by atoms with E-state index in [-0.39, 0.29) is 5.56 Å². The Morgan fingerprint density at radius 2 is 2.19 bits per heavy atom. The van der Waals surface area contributed by atoms with Crippen LogP contribution in [0.15, 0.2) is 46.9 Å². The molecular formula is C21H22N2O2S2. The van der Waals surface area contributed by atoms with Gasteiger partial charge in [0.2, 0.25) is 0 Å². The molecule has 0 amide bonds. The van der Waals surface area contributed by atoms with Gasteiger partial charge in [0, 0.05) is 10.6 Å². The van der Waals surface area contributed by atoms with E-state index in [0.717, 1.165) is 40.9 Å². The molecule has 1 aromatic carbocycles. The Kier molecular flexibility index (Phi) is 5.10. The maximum atomic E-state index is 13.5. The second kappa shape index (κ2) is 7.52. The first-order valence-corrected chi connectivity index (χ1v) is 10.9. The Bertz CT molecular complexity index is 1050. The second-order valence-corrected chi connectivity index (χ2v) is 8.94. The molecule has 27 heavy (non-hydrogen) atoms. The average molecular weight is 399 g/mol.